The van der Waals surface area contributed by atoms with Gasteiger partial charge < -0.3 is 9.80 Å². The first-order chi connectivity index (χ1) is 10.2. The summed E-state index contributed by atoms with van der Waals surface area (Å²) in [6, 6.07) is 10.3. The lowest BCUT2D eigenvalue weighted by Gasteiger charge is -2.34. The van der Waals surface area contributed by atoms with Crippen molar-refractivity contribution >= 4 is 29.8 Å². The Morgan fingerprint density at radius 3 is 2.32 bits per heavy atom. The summed E-state index contributed by atoms with van der Waals surface area (Å²) in [6.07, 6.45) is 0. The number of aryl methyl sites for hydroxylation is 1. The topological polar surface area (TPSA) is 24.3 Å². The molecule has 2 heterocycles. The summed E-state index contributed by atoms with van der Waals surface area (Å²) in [5, 5.41) is 4.72. The molecule has 4 nitrogen and oxygen atoms in total. The molecule has 1 aliphatic rings. The zero-order valence-corrected chi connectivity index (χ0v) is 14.6. The van der Waals surface area contributed by atoms with Crippen LogP contribution in [0.2, 0.25) is 0 Å². The largest absolute Gasteiger partial charge is 0.354 e. The molecular formula is C16H22Cl2N4. The minimum atomic E-state index is 0. The van der Waals surface area contributed by atoms with E-state index in [0.717, 1.165) is 48.9 Å². The number of alkyl halides is 1. The molecule has 22 heavy (non-hydrogen) atoms. The zero-order chi connectivity index (χ0) is 14.8. The van der Waals surface area contributed by atoms with Gasteiger partial charge in [-0.1, -0.05) is 18.2 Å². The lowest BCUT2D eigenvalue weighted by Crippen LogP contribution is -2.45. The number of piperazine rings is 1. The smallest absolute Gasteiger partial charge is 0.137 e. The van der Waals surface area contributed by atoms with Crippen LogP contribution in [0.25, 0.3) is 5.69 Å². The number of likely N-dealkylation sites (N-methyl/N-ethyl adjacent to an activating group) is 1. The molecule has 120 valence electrons. The van der Waals surface area contributed by atoms with Gasteiger partial charge in [0, 0.05) is 31.7 Å². The number of para-hydroxylation sites is 1. The molecule has 0 bridgehead atoms. The molecule has 0 unspecified atom stereocenters. The highest BCUT2D eigenvalue weighted by molar-refractivity contribution is 6.17. The minimum absolute atomic E-state index is 0. The lowest BCUT2D eigenvalue weighted by atomic mass is 10.2. The number of aromatic nitrogens is 2. The average Bonchev–Trinajstić information content (AvgIpc) is 2.85. The standard InChI is InChI=1S/C16H21ClN4.ClH/c1-13-15(12-17)16(20-10-8-19(2)9-11-20)21(18-13)14-6-4-3-5-7-14;/h3-7H,8-12H2,1-2H3;1H. The second-order valence-corrected chi connectivity index (χ2v) is 5.83. The maximum Gasteiger partial charge on any atom is 0.137 e. The predicted molar refractivity (Wildman–Crippen MR) is 94.8 cm³/mol. The molecule has 3 rings (SSSR count). The van der Waals surface area contributed by atoms with Crippen molar-refractivity contribution in [2.24, 2.45) is 0 Å². The second-order valence-electron chi connectivity index (χ2n) is 5.56. The van der Waals surface area contributed by atoms with Gasteiger partial charge in [0.1, 0.15) is 5.82 Å². The van der Waals surface area contributed by atoms with Crippen LogP contribution in [0.3, 0.4) is 0 Å². The molecule has 2 aromatic rings. The van der Waals surface area contributed by atoms with Crippen LogP contribution in [0.5, 0.6) is 0 Å². The van der Waals surface area contributed by atoms with Crippen molar-refractivity contribution in [3.05, 3.63) is 41.6 Å². The van der Waals surface area contributed by atoms with E-state index in [9.17, 15) is 0 Å². The van der Waals surface area contributed by atoms with Gasteiger partial charge >= 0.3 is 0 Å². The number of hydrogen-bond acceptors (Lipinski definition) is 3. The van der Waals surface area contributed by atoms with E-state index in [1.165, 1.54) is 0 Å². The third-order valence-electron chi connectivity index (χ3n) is 4.09. The van der Waals surface area contributed by atoms with Crippen LogP contribution in [0.15, 0.2) is 30.3 Å². The van der Waals surface area contributed by atoms with E-state index in [1.807, 2.05) is 29.8 Å². The third-order valence-corrected chi connectivity index (χ3v) is 4.36. The van der Waals surface area contributed by atoms with Crippen molar-refractivity contribution in [2.75, 3.05) is 38.1 Å². The van der Waals surface area contributed by atoms with Crippen molar-refractivity contribution < 1.29 is 0 Å². The lowest BCUT2D eigenvalue weighted by molar-refractivity contribution is 0.311. The number of anilines is 1. The number of rotatable bonds is 3. The van der Waals surface area contributed by atoms with E-state index in [4.69, 9.17) is 16.7 Å². The van der Waals surface area contributed by atoms with Crippen LogP contribution in [0, 0.1) is 6.92 Å². The van der Waals surface area contributed by atoms with E-state index >= 15 is 0 Å². The van der Waals surface area contributed by atoms with Gasteiger partial charge in [-0.05, 0) is 26.1 Å². The van der Waals surface area contributed by atoms with E-state index < -0.39 is 0 Å². The van der Waals surface area contributed by atoms with E-state index in [2.05, 4.69) is 29.0 Å². The van der Waals surface area contributed by atoms with E-state index in [0.29, 0.717) is 5.88 Å². The maximum absolute atomic E-state index is 6.20. The summed E-state index contributed by atoms with van der Waals surface area (Å²) in [5.74, 6) is 1.65. The van der Waals surface area contributed by atoms with Crippen molar-refractivity contribution in [3.63, 3.8) is 0 Å². The quantitative estimate of drug-likeness (QED) is 0.802. The van der Waals surface area contributed by atoms with Gasteiger partial charge in [-0.25, -0.2) is 4.68 Å². The van der Waals surface area contributed by atoms with Gasteiger partial charge in [0.05, 0.1) is 17.3 Å². The zero-order valence-electron chi connectivity index (χ0n) is 13.0. The SMILES string of the molecule is Cc1nn(-c2ccccc2)c(N2CCN(C)CC2)c1CCl.Cl. The van der Waals surface area contributed by atoms with Gasteiger partial charge in [0.25, 0.3) is 0 Å². The Labute approximate surface area is 143 Å². The first-order valence-electron chi connectivity index (χ1n) is 7.34. The van der Waals surface area contributed by atoms with Crippen LogP contribution < -0.4 is 4.90 Å². The summed E-state index contributed by atoms with van der Waals surface area (Å²) in [5.41, 5.74) is 3.25. The first-order valence-corrected chi connectivity index (χ1v) is 7.87. The first kappa shape index (κ1) is 17.1. The molecule has 0 spiro atoms. The highest BCUT2D eigenvalue weighted by atomic mass is 35.5. The monoisotopic (exact) mass is 340 g/mol. The van der Waals surface area contributed by atoms with Gasteiger partial charge in [-0.15, -0.1) is 24.0 Å². The maximum atomic E-state index is 6.20. The molecule has 0 atom stereocenters. The van der Waals surface area contributed by atoms with Crippen molar-refractivity contribution in [1.29, 1.82) is 0 Å². The Balaban J connectivity index is 0.00000176. The molecule has 1 aromatic heterocycles. The van der Waals surface area contributed by atoms with Crippen LogP contribution >= 0.6 is 24.0 Å². The van der Waals surface area contributed by atoms with Gasteiger partial charge in [-0.2, -0.15) is 5.10 Å². The number of hydrogen-bond donors (Lipinski definition) is 0. The second kappa shape index (κ2) is 7.36. The highest BCUT2D eigenvalue weighted by Gasteiger charge is 2.23. The number of benzene rings is 1. The fraction of sp³-hybridized carbons (Fsp3) is 0.438. The third kappa shape index (κ3) is 3.24. The summed E-state index contributed by atoms with van der Waals surface area (Å²) in [4.78, 5) is 4.76. The molecule has 1 aliphatic heterocycles. The highest BCUT2D eigenvalue weighted by Crippen LogP contribution is 2.29. The van der Waals surface area contributed by atoms with Crippen LogP contribution in [0.1, 0.15) is 11.3 Å². The van der Waals surface area contributed by atoms with E-state index in [1.54, 1.807) is 0 Å². The molecule has 6 heteroatoms. The predicted octanol–water partition coefficient (Wildman–Crippen LogP) is 3.09. The van der Waals surface area contributed by atoms with Gasteiger partial charge in [0.15, 0.2) is 0 Å². The Morgan fingerprint density at radius 2 is 1.73 bits per heavy atom. The molecule has 0 saturated carbocycles. The Kier molecular flexibility index (Phi) is 5.73. The normalized spacial score (nSPS) is 15.7. The molecule has 0 N–H and O–H groups in total. The van der Waals surface area contributed by atoms with Gasteiger partial charge in [0.2, 0.25) is 0 Å². The number of halogens is 2. The Bertz CT molecular complexity index is 604. The average molecular weight is 341 g/mol. The Morgan fingerprint density at radius 1 is 1.09 bits per heavy atom. The summed E-state index contributed by atoms with van der Waals surface area (Å²) in [7, 11) is 2.17. The van der Waals surface area contributed by atoms with Crippen LogP contribution in [-0.4, -0.2) is 47.9 Å². The summed E-state index contributed by atoms with van der Waals surface area (Å²) in [6.45, 7) is 6.20. The van der Waals surface area contributed by atoms with Crippen LogP contribution in [-0.2, 0) is 5.88 Å². The molecule has 0 aliphatic carbocycles. The summed E-state index contributed by atoms with van der Waals surface area (Å²) >= 11 is 6.20. The van der Waals surface area contributed by atoms with E-state index in [-0.39, 0.29) is 12.4 Å². The fourth-order valence-electron chi connectivity index (χ4n) is 2.80. The van der Waals surface area contributed by atoms with Gasteiger partial charge in [-0.3, -0.25) is 0 Å². The molecule has 0 amide bonds. The fourth-order valence-corrected chi connectivity index (χ4v) is 3.11. The van der Waals surface area contributed by atoms with Crippen molar-refractivity contribution in [2.45, 2.75) is 12.8 Å². The molecule has 0 radical (unpaired) electrons. The molecule has 1 fully saturated rings. The Hall–Kier alpha value is -1.23. The summed E-state index contributed by atoms with van der Waals surface area (Å²) < 4.78 is 2.04. The van der Waals surface area contributed by atoms with Crippen molar-refractivity contribution in [3.8, 4) is 5.69 Å². The van der Waals surface area contributed by atoms with Crippen molar-refractivity contribution in [1.82, 2.24) is 14.7 Å². The molecule has 1 aromatic carbocycles. The minimum Gasteiger partial charge on any atom is -0.354 e. The number of nitrogens with zero attached hydrogens (tertiary/aromatic N) is 4. The molecular weight excluding hydrogens is 319 g/mol. The van der Waals surface area contributed by atoms with Crippen LogP contribution in [0.4, 0.5) is 5.82 Å². The molecule has 1 saturated heterocycles.